The van der Waals surface area contributed by atoms with E-state index in [4.69, 9.17) is 11.6 Å². The molecule has 1 unspecified atom stereocenters. The Morgan fingerprint density at radius 1 is 1.47 bits per heavy atom. The topological polar surface area (TPSA) is 40.7 Å². The fraction of sp³-hybridized carbons (Fsp3) is 0.182. The number of hydrogen-bond donors (Lipinski definition) is 2. The molecule has 0 saturated heterocycles. The summed E-state index contributed by atoms with van der Waals surface area (Å²) >= 11 is 5.92. The Balaban J connectivity index is 2.11. The largest absolute Gasteiger partial charge is 0.349 e. The maximum Gasteiger partial charge on any atom is 0.200 e. The molecule has 0 aliphatic heterocycles. The molecule has 1 aromatic heterocycles. The van der Waals surface area contributed by atoms with Crippen molar-refractivity contribution in [3.8, 4) is 0 Å². The van der Waals surface area contributed by atoms with Gasteiger partial charge in [-0.05, 0) is 24.6 Å². The van der Waals surface area contributed by atoms with Crippen LogP contribution in [0.1, 0.15) is 18.5 Å². The highest BCUT2D eigenvalue weighted by atomic mass is 35.5. The SMILES string of the molecule is CC(Nc1ncc[nH]1)c1cccc(Cl)c1. The van der Waals surface area contributed by atoms with E-state index in [1.165, 1.54) is 0 Å². The lowest BCUT2D eigenvalue weighted by Crippen LogP contribution is -2.07. The number of nitrogens with one attached hydrogen (secondary N) is 2. The lowest BCUT2D eigenvalue weighted by Gasteiger charge is -2.13. The maximum atomic E-state index is 5.92. The van der Waals surface area contributed by atoms with Gasteiger partial charge >= 0.3 is 0 Å². The second-order valence-electron chi connectivity index (χ2n) is 3.36. The summed E-state index contributed by atoms with van der Waals surface area (Å²) in [5.41, 5.74) is 1.14. The van der Waals surface area contributed by atoms with E-state index in [0.717, 1.165) is 16.5 Å². The molecular formula is C11H12ClN3. The highest BCUT2D eigenvalue weighted by Crippen LogP contribution is 2.19. The number of aromatic nitrogens is 2. The molecule has 0 saturated carbocycles. The van der Waals surface area contributed by atoms with Crippen molar-refractivity contribution in [1.29, 1.82) is 0 Å². The molecule has 4 heteroatoms. The van der Waals surface area contributed by atoms with Crippen molar-refractivity contribution in [2.75, 3.05) is 5.32 Å². The molecule has 0 aliphatic rings. The zero-order chi connectivity index (χ0) is 10.7. The quantitative estimate of drug-likeness (QED) is 0.836. The molecule has 3 nitrogen and oxygen atoms in total. The first-order valence-electron chi connectivity index (χ1n) is 4.77. The van der Waals surface area contributed by atoms with Gasteiger partial charge in [0.2, 0.25) is 5.95 Å². The third-order valence-electron chi connectivity index (χ3n) is 2.20. The zero-order valence-corrected chi connectivity index (χ0v) is 9.12. The number of imidazole rings is 1. The van der Waals surface area contributed by atoms with Crippen molar-refractivity contribution in [1.82, 2.24) is 9.97 Å². The fourth-order valence-corrected chi connectivity index (χ4v) is 1.61. The number of hydrogen-bond acceptors (Lipinski definition) is 2. The first kappa shape index (κ1) is 10.1. The third kappa shape index (κ3) is 2.50. The van der Waals surface area contributed by atoms with Gasteiger partial charge < -0.3 is 10.3 Å². The fourth-order valence-electron chi connectivity index (χ4n) is 1.41. The molecule has 78 valence electrons. The third-order valence-corrected chi connectivity index (χ3v) is 2.44. The lowest BCUT2D eigenvalue weighted by atomic mass is 10.1. The minimum Gasteiger partial charge on any atom is -0.349 e. The number of nitrogens with zero attached hydrogens (tertiary/aromatic N) is 1. The van der Waals surface area contributed by atoms with Crippen LogP contribution in [0.5, 0.6) is 0 Å². The summed E-state index contributed by atoms with van der Waals surface area (Å²) in [6.45, 7) is 2.06. The molecular weight excluding hydrogens is 210 g/mol. The van der Waals surface area contributed by atoms with Crippen LogP contribution in [-0.2, 0) is 0 Å². The van der Waals surface area contributed by atoms with Crippen LogP contribution >= 0.6 is 11.6 Å². The number of rotatable bonds is 3. The maximum absolute atomic E-state index is 5.92. The molecule has 0 aliphatic carbocycles. The molecule has 2 aromatic rings. The van der Waals surface area contributed by atoms with E-state index >= 15 is 0 Å². The highest BCUT2D eigenvalue weighted by Gasteiger charge is 2.06. The zero-order valence-electron chi connectivity index (χ0n) is 8.37. The molecule has 2 rings (SSSR count). The summed E-state index contributed by atoms with van der Waals surface area (Å²) in [7, 11) is 0. The molecule has 1 aromatic carbocycles. The molecule has 0 fully saturated rings. The predicted octanol–water partition coefficient (Wildman–Crippen LogP) is 3.24. The van der Waals surface area contributed by atoms with E-state index in [0.29, 0.717) is 0 Å². The van der Waals surface area contributed by atoms with Crippen molar-refractivity contribution in [2.45, 2.75) is 13.0 Å². The number of H-pyrrole nitrogens is 1. The predicted molar refractivity (Wildman–Crippen MR) is 62.1 cm³/mol. The molecule has 0 bridgehead atoms. The monoisotopic (exact) mass is 221 g/mol. The number of anilines is 1. The molecule has 0 spiro atoms. The normalized spacial score (nSPS) is 12.4. The second-order valence-corrected chi connectivity index (χ2v) is 3.80. The van der Waals surface area contributed by atoms with Gasteiger partial charge in [0, 0.05) is 17.4 Å². The van der Waals surface area contributed by atoms with Gasteiger partial charge in [-0.15, -0.1) is 0 Å². The molecule has 0 amide bonds. The van der Waals surface area contributed by atoms with Crippen LogP contribution < -0.4 is 5.32 Å². The molecule has 15 heavy (non-hydrogen) atoms. The first-order valence-corrected chi connectivity index (χ1v) is 5.15. The minimum atomic E-state index is 0.176. The summed E-state index contributed by atoms with van der Waals surface area (Å²) in [5, 5.41) is 3.99. The van der Waals surface area contributed by atoms with Crippen molar-refractivity contribution < 1.29 is 0 Å². The van der Waals surface area contributed by atoms with Gasteiger partial charge in [-0.25, -0.2) is 4.98 Å². The summed E-state index contributed by atoms with van der Waals surface area (Å²) in [6, 6.07) is 7.96. The van der Waals surface area contributed by atoms with E-state index in [1.807, 2.05) is 24.3 Å². The van der Waals surface area contributed by atoms with E-state index < -0.39 is 0 Å². The van der Waals surface area contributed by atoms with Gasteiger partial charge in [0.05, 0.1) is 6.04 Å². The summed E-state index contributed by atoms with van der Waals surface area (Å²) in [6.07, 6.45) is 3.50. The number of aromatic amines is 1. The average molecular weight is 222 g/mol. The van der Waals surface area contributed by atoms with Gasteiger partial charge in [-0.1, -0.05) is 23.7 Å². The highest BCUT2D eigenvalue weighted by molar-refractivity contribution is 6.30. The summed E-state index contributed by atoms with van der Waals surface area (Å²) in [4.78, 5) is 7.10. The van der Waals surface area contributed by atoms with Gasteiger partial charge in [0.15, 0.2) is 0 Å². The Bertz CT molecular complexity index is 425. The van der Waals surface area contributed by atoms with Crippen LogP contribution in [0.3, 0.4) is 0 Å². The Hall–Kier alpha value is -1.48. The Labute approximate surface area is 93.5 Å². The second kappa shape index (κ2) is 4.36. The van der Waals surface area contributed by atoms with Crippen LogP contribution in [-0.4, -0.2) is 9.97 Å². The number of halogens is 1. The Morgan fingerprint density at radius 3 is 3.00 bits per heavy atom. The van der Waals surface area contributed by atoms with Crippen LogP contribution in [0.2, 0.25) is 5.02 Å². The van der Waals surface area contributed by atoms with E-state index in [2.05, 4.69) is 22.2 Å². The van der Waals surface area contributed by atoms with Crippen molar-refractivity contribution in [3.63, 3.8) is 0 Å². The molecule has 2 N–H and O–H groups in total. The standard InChI is InChI=1S/C11H12ClN3/c1-8(15-11-13-5-6-14-11)9-3-2-4-10(12)7-9/h2-8H,1H3,(H2,13,14,15). The lowest BCUT2D eigenvalue weighted by molar-refractivity contribution is 0.867. The molecule has 1 heterocycles. The van der Waals surface area contributed by atoms with Crippen molar-refractivity contribution in [3.05, 3.63) is 47.2 Å². The van der Waals surface area contributed by atoms with Gasteiger partial charge in [0.1, 0.15) is 0 Å². The van der Waals surface area contributed by atoms with Gasteiger partial charge in [0.25, 0.3) is 0 Å². The van der Waals surface area contributed by atoms with Crippen LogP contribution in [0.15, 0.2) is 36.7 Å². The van der Waals surface area contributed by atoms with Gasteiger partial charge in [-0.3, -0.25) is 0 Å². The van der Waals surface area contributed by atoms with Crippen LogP contribution in [0, 0.1) is 0 Å². The first-order chi connectivity index (χ1) is 7.25. The minimum absolute atomic E-state index is 0.176. The van der Waals surface area contributed by atoms with Crippen LogP contribution in [0.4, 0.5) is 5.95 Å². The van der Waals surface area contributed by atoms with E-state index in [1.54, 1.807) is 12.4 Å². The van der Waals surface area contributed by atoms with Crippen molar-refractivity contribution in [2.24, 2.45) is 0 Å². The van der Waals surface area contributed by atoms with E-state index in [9.17, 15) is 0 Å². The van der Waals surface area contributed by atoms with Crippen molar-refractivity contribution >= 4 is 17.5 Å². The van der Waals surface area contributed by atoms with Gasteiger partial charge in [-0.2, -0.15) is 0 Å². The van der Waals surface area contributed by atoms with E-state index in [-0.39, 0.29) is 6.04 Å². The summed E-state index contributed by atoms with van der Waals surface area (Å²) in [5.74, 6) is 0.766. The number of benzene rings is 1. The smallest absolute Gasteiger partial charge is 0.200 e. The van der Waals surface area contributed by atoms with Crippen LogP contribution in [0.25, 0.3) is 0 Å². The Kier molecular flexibility index (Phi) is 2.92. The Morgan fingerprint density at radius 2 is 2.33 bits per heavy atom. The summed E-state index contributed by atoms with van der Waals surface area (Å²) < 4.78 is 0. The average Bonchev–Trinajstić information content (AvgIpc) is 2.70. The molecule has 1 atom stereocenters. The molecule has 0 radical (unpaired) electrons.